The molecule has 2 aromatic heterocycles. The van der Waals surface area contributed by atoms with Crippen molar-refractivity contribution in [2.24, 2.45) is 0 Å². The van der Waals surface area contributed by atoms with Gasteiger partial charge in [0.1, 0.15) is 0 Å². The molecule has 1 aliphatic rings. The fourth-order valence-electron chi connectivity index (χ4n) is 10.7. The number of nitrogens with zero attached hydrogens (tertiary/aromatic N) is 5. The molecule has 5 heteroatoms. The Morgan fingerprint density at radius 3 is 1.21 bits per heavy atom. The molecule has 0 atom stereocenters. The van der Waals surface area contributed by atoms with E-state index in [1.54, 1.807) is 0 Å². The molecule has 0 unspecified atom stereocenters. The Morgan fingerprint density at radius 1 is 0.227 bits per heavy atom. The van der Waals surface area contributed by atoms with Crippen LogP contribution in [-0.4, -0.2) is 24.9 Å². The SMILES string of the molecule is CC1(C)c2ccccc2-c2c(-c3nc(-c4ccc(-c5ccccc5)cc4)nc(-c4cccc(-c5cccc(-c6cc(-c7cc(-c8ccccc8)cc(-c8ccccc8)c7)nc(-c7ccccc7)n6)c5)c4)n3)cccc21. The first-order valence-corrected chi connectivity index (χ1v) is 25.5. The van der Waals surface area contributed by atoms with E-state index in [1.807, 2.05) is 24.3 Å². The molecule has 0 saturated carbocycles. The third-order valence-electron chi connectivity index (χ3n) is 14.5. The van der Waals surface area contributed by atoms with Gasteiger partial charge >= 0.3 is 0 Å². The summed E-state index contributed by atoms with van der Waals surface area (Å²) >= 11 is 0. The van der Waals surface area contributed by atoms with Gasteiger partial charge in [0, 0.05) is 38.8 Å². The minimum absolute atomic E-state index is 0.174. The number of benzene rings is 10. The second-order valence-electron chi connectivity index (χ2n) is 19.7. The Balaban J connectivity index is 0.922. The van der Waals surface area contributed by atoms with Crippen molar-refractivity contribution in [1.29, 1.82) is 0 Å². The minimum Gasteiger partial charge on any atom is -0.228 e. The molecule has 13 rings (SSSR count). The van der Waals surface area contributed by atoms with Crippen molar-refractivity contribution >= 4 is 0 Å². The maximum absolute atomic E-state index is 5.35. The third kappa shape index (κ3) is 8.70. The van der Waals surface area contributed by atoms with Crippen molar-refractivity contribution in [3.8, 4) is 124 Å². The van der Waals surface area contributed by atoms with Gasteiger partial charge in [-0.05, 0) is 103 Å². The van der Waals surface area contributed by atoms with Crippen LogP contribution in [0.4, 0.5) is 0 Å². The number of rotatable bonds is 10. The lowest BCUT2D eigenvalue weighted by molar-refractivity contribution is 0.660. The Kier molecular flexibility index (Phi) is 11.5. The lowest BCUT2D eigenvalue weighted by Gasteiger charge is -2.21. The van der Waals surface area contributed by atoms with Crippen molar-refractivity contribution < 1.29 is 0 Å². The second kappa shape index (κ2) is 19.0. The molecule has 0 radical (unpaired) electrons. The fourth-order valence-corrected chi connectivity index (χ4v) is 10.7. The zero-order chi connectivity index (χ0) is 50.3. The summed E-state index contributed by atoms with van der Waals surface area (Å²) in [6.07, 6.45) is 0. The lowest BCUT2D eigenvalue weighted by atomic mass is 9.82. The van der Waals surface area contributed by atoms with Gasteiger partial charge in [0.15, 0.2) is 23.3 Å². The molecule has 0 amide bonds. The van der Waals surface area contributed by atoms with E-state index >= 15 is 0 Å². The van der Waals surface area contributed by atoms with Crippen LogP contribution in [0.15, 0.2) is 261 Å². The zero-order valence-corrected chi connectivity index (χ0v) is 41.6. The second-order valence-corrected chi connectivity index (χ2v) is 19.7. The van der Waals surface area contributed by atoms with E-state index in [0.29, 0.717) is 23.3 Å². The van der Waals surface area contributed by atoms with Crippen LogP contribution in [0.2, 0.25) is 0 Å². The predicted octanol–water partition coefficient (Wildman–Crippen LogP) is 17.6. The van der Waals surface area contributed by atoms with Gasteiger partial charge in [0.25, 0.3) is 0 Å². The molecule has 0 fully saturated rings. The van der Waals surface area contributed by atoms with Crippen LogP contribution in [0.5, 0.6) is 0 Å². The van der Waals surface area contributed by atoms with Crippen LogP contribution in [0.3, 0.4) is 0 Å². The summed E-state index contributed by atoms with van der Waals surface area (Å²) in [7, 11) is 0. The van der Waals surface area contributed by atoms with Crippen LogP contribution < -0.4 is 0 Å². The van der Waals surface area contributed by atoms with Gasteiger partial charge in [-0.2, -0.15) is 0 Å². The summed E-state index contributed by atoms with van der Waals surface area (Å²) in [5, 5.41) is 0. The Morgan fingerprint density at radius 2 is 0.587 bits per heavy atom. The molecular formula is C70H49N5. The van der Waals surface area contributed by atoms with E-state index in [0.717, 1.165) is 89.3 Å². The average molecular weight is 960 g/mol. The van der Waals surface area contributed by atoms with Crippen molar-refractivity contribution in [3.63, 3.8) is 0 Å². The molecule has 0 saturated heterocycles. The first-order valence-electron chi connectivity index (χ1n) is 25.5. The zero-order valence-electron chi connectivity index (χ0n) is 41.6. The van der Waals surface area contributed by atoms with Crippen LogP contribution >= 0.6 is 0 Å². The van der Waals surface area contributed by atoms with Gasteiger partial charge in [-0.3, -0.25) is 0 Å². The molecule has 12 aromatic rings. The quantitative estimate of drug-likeness (QED) is 0.137. The average Bonchev–Trinajstić information content (AvgIpc) is 3.79. The van der Waals surface area contributed by atoms with Crippen molar-refractivity contribution in [1.82, 2.24) is 24.9 Å². The van der Waals surface area contributed by atoms with E-state index in [4.69, 9.17) is 24.9 Å². The molecule has 0 N–H and O–H groups in total. The Labute approximate surface area is 437 Å². The van der Waals surface area contributed by atoms with E-state index in [9.17, 15) is 0 Å². The van der Waals surface area contributed by atoms with Gasteiger partial charge in [0.05, 0.1) is 11.4 Å². The number of hydrogen-bond donors (Lipinski definition) is 0. The molecule has 0 bridgehead atoms. The van der Waals surface area contributed by atoms with Crippen LogP contribution in [0, 0.1) is 0 Å². The number of hydrogen-bond acceptors (Lipinski definition) is 5. The van der Waals surface area contributed by atoms with Crippen LogP contribution in [0.25, 0.3) is 124 Å². The summed E-state index contributed by atoms with van der Waals surface area (Å²) in [5.74, 6) is 2.51. The van der Waals surface area contributed by atoms with Crippen LogP contribution in [0.1, 0.15) is 25.0 Å². The molecule has 0 spiro atoms. The largest absolute Gasteiger partial charge is 0.228 e. The van der Waals surface area contributed by atoms with E-state index in [2.05, 4.69) is 250 Å². The summed E-state index contributed by atoms with van der Waals surface area (Å²) in [6, 6.07) is 91.6. The molecule has 5 nitrogen and oxygen atoms in total. The lowest BCUT2D eigenvalue weighted by Crippen LogP contribution is -2.14. The highest BCUT2D eigenvalue weighted by Gasteiger charge is 2.37. The summed E-state index contributed by atoms with van der Waals surface area (Å²) in [6.45, 7) is 4.61. The highest BCUT2D eigenvalue weighted by Crippen LogP contribution is 2.52. The fraction of sp³-hybridized carbons (Fsp3) is 0.0429. The van der Waals surface area contributed by atoms with Crippen LogP contribution in [-0.2, 0) is 5.41 Å². The first-order chi connectivity index (χ1) is 36.9. The number of aromatic nitrogens is 5. The van der Waals surface area contributed by atoms with E-state index < -0.39 is 0 Å². The van der Waals surface area contributed by atoms with Gasteiger partial charge in [-0.15, -0.1) is 0 Å². The topological polar surface area (TPSA) is 64.5 Å². The first kappa shape index (κ1) is 45.2. The molecule has 2 heterocycles. The molecule has 10 aromatic carbocycles. The smallest absolute Gasteiger partial charge is 0.164 e. The van der Waals surface area contributed by atoms with Gasteiger partial charge in [0.2, 0.25) is 0 Å². The van der Waals surface area contributed by atoms with Gasteiger partial charge in [-0.1, -0.05) is 238 Å². The van der Waals surface area contributed by atoms with Gasteiger partial charge < -0.3 is 0 Å². The Hall–Kier alpha value is -9.71. The molecule has 0 aliphatic heterocycles. The maximum Gasteiger partial charge on any atom is 0.164 e. The summed E-state index contributed by atoms with van der Waals surface area (Å²) in [4.78, 5) is 26.4. The van der Waals surface area contributed by atoms with Gasteiger partial charge in [-0.25, -0.2) is 24.9 Å². The highest BCUT2D eigenvalue weighted by molar-refractivity contribution is 5.92. The monoisotopic (exact) mass is 959 g/mol. The van der Waals surface area contributed by atoms with Crippen molar-refractivity contribution in [2.45, 2.75) is 19.3 Å². The normalized spacial score (nSPS) is 12.2. The summed E-state index contributed by atoms with van der Waals surface area (Å²) < 4.78 is 0. The minimum atomic E-state index is -0.174. The molecule has 354 valence electrons. The molecule has 1 aliphatic carbocycles. The Bertz CT molecular complexity index is 4000. The molecule has 75 heavy (non-hydrogen) atoms. The highest BCUT2D eigenvalue weighted by atomic mass is 15.0. The standard InChI is InChI=1S/C70H49N5/c1-70(2)61-34-16-15-32-59(61)65-60(33-19-35-62(65)70)69-74-67(51-38-36-49(37-39-51)46-20-7-3-8-21-46)73-68(75-69)55-31-18-29-53(41-55)52-28-17-30-54(40-52)63-45-64(72-66(71-63)50-26-13-6-14-27-50)58-43-56(47-22-9-4-10-23-47)42-57(44-58)48-24-11-5-12-25-48/h3-45H,1-2H3. The van der Waals surface area contributed by atoms with Crippen molar-refractivity contribution in [2.75, 3.05) is 0 Å². The summed E-state index contributed by atoms with van der Waals surface area (Å²) in [5.41, 5.74) is 21.1. The van der Waals surface area contributed by atoms with E-state index in [-0.39, 0.29) is 5.41 Å². The molecular weight excluding hydrogens is 911 g/mol. The van der Waals surface area contributed by atoms with Crippen molar-refractivity contribution in [3.05, 3.63) is 272 Å². The predicted molar refractivity (Wildman–Crippen MR) is 307 cm³/mol. The maximum atomic E-state index is 5.35. The number of fused-ring (bicyclic) bond motifs is 3. The van der Waals surface area contributed by atoms with E-state index in [1.165, 1.54) is 22.3 Å². The third-order valence-corrected chi connectivity index (χ3v) is 14.5.